The summed E-state index contributed by atoms with van der Waals surface area (Å²) < 4.78 is 13.8. The summed E-state index contributed by atoms with van der Waals surface area (Å²) in [4.78, 5) is 0. The van der Waals surface area contributed by atoms with E-state index in [2.05, 4.69) is 12.1 Å². The van der Waals surface area contributed by atoms with Crippen LogP contribution >= 0.6 is 11.6 Å². The van der Waals surface area contributed by atoms with E-state index in [1.54, 1.807) is 12.1 Å². The molecule has 0 aromatic heterocycles. The second-order valence-corrected chi connectivity index (χ2v) is 5.48. The number of fused-ring (bicyclic) bond motifs is 1. The molecular weight excluding hydrogens is 263 g/mol. The van der Waals surface area contributed by atoms with Gasteiger partial charge in [-0.2, -0.15) is 0 Å². The molecule has 0 aliphatic heterocycles. The van der Waals surface area contributed by atoms with Crippen LogP contribution in [0, 0.1) is 11.7 Å². The van der Waals surface area contributed by atoms with E-state index in [4.69, 9.17) is 11.6 Å². The summed E-state index contributed by atoms with van der Waals surface area (Å²) in [5.41, 5.74) is 2.84. The Morgan fingerprint density at radius 3 is 2.32 bits per heavy atom. The lowest BCUT2D eigenvalue weighted by molar-refractivity contribution is 0.109. The first kappa shape index (κ1) is 12.6. The number of hydrogen-bond donors (Lipinski definition) is 1. The fraction of sp³-hybridized carbons (Fsp3) is 0.250. The molecule has 0 bridgehead atoms. The van der Waals surface area contributed by atoms with E-state index < -0.39 is 11.9 Å². The molecule has 1 atom stereocenters. The van der Waals surface area contributed by atoms with Crippen LogP contribution in [0.4, 0.5) is 4.39 Å². The van der Waals surface area contributed by atoms with Gasteiger partial charge in [-0.05, 0) is 42.0 Å². The topological polar surface area (TPSA) is 20.2 Å². The van der Waals surface area contributed by atoms with Gasteiger partial charge in [0.15, 0.2) is 0 Å². The van der Waals surface area contributed by atoms with Crippen molar-refractivity contribution in [1.29, 1.82) is 0 Å². The fourth-order valence-electron chi connectivity index (χ4n) is 2.81. The van der Waals surface area contributed by atoms with Gasteiger partial charge >= 0.3 is 0 Å². The Hall–Kier alpha value is -1.38. The molecule has 2 aromatic carbocycles. The van der Waals surface area contributed by atoms with Crippen LogP contribution in [0.15, 0.2) is 42.5 Å². The van der Waals surface area contributed by atoms with Crippen LogP contribution in [-0.2, 0) is 12.8 Å². The normalized spacial score (nSPS) is 16.4. The predicted molar refractivity (Wildman–Crippen MR) is 73.7 cm³/mol. The fourth-order valence-corrected chi connectivity index (χ4v) is 2.97. The van der Waals surface area contributed by atoms with Gasteiger partial charge in [0.25, 0.3) is 0 Å². The summed E-state index contributed by atoms with van der Waals surface area (Å²) in [6.07, 6.45) is 0.795. The molecule has 0 saturated heterocycles. The maximum Gasteiger partial charge on any atom is 0.130 e. The Kier molecular flexibility index (Phi) is 3.29. The lowest BCUT2D eigenvalue weighted by Gasteiger charge is -2.18. The number of halogens is 2. The van der Waals surface area contributed by atoms with E-state index in [0.717, 1.165) is 12.8 Å². The smallest absolute Gasteiger partial charge is 0.130 e. The molecule has 1 unspecified atom stereocenters. The van der Waals surface area contributed by atoms with Crippen LogP contribution < -0.4 is 0 Å². The Labute approximate surface area is 116 Å². The van der Waals surface area contributed by atoms with Crippen molar-refractivity contribution in [2.24, 2.45) is 5.92 Å². The van der Waals surface area contributed by atoms with Gasteiger partial charge < -0.3 is 5.11 Å². The summed E-state index contributed by atoms with van der Waals surface area (Å²) >= 11 is 5.73. The SMILES string of the molecule is OC(c1ccc(Cl)cc1F)C1Cc2ccccc2C1. The van der Waals surface area contributed by atoms with Crippen molar-refractivity contribution in [2.45, 2.75) is 18.9 Å². The van der Waals surface area contributed by atoms with Crippen LogP contribution in [0.3, 0.4) is 0 Å². The van der Waals surface area contributed by atoms with Crippen LogP contribution in [0.5, 0.6) is 0 Å². The largest absolute Gasteiger partial charge is 0.388 e. The highest BCUT2D eigenvalue weighted by Gasteiger charge is 2.29. The minimum absolute atomic E-state index is 0.0353. The summed E-state index contributed by atoms with van der Waals surface area (Å²) in [6, 6.07) is 12.6. The van der Waals surface area contributed by atoms with Crippen molar-refractivity contribution in [3.05, 3.63) is 70.0 Å². The quantitative estimate of drug-likeness (QED) is 0.881. The van der Waals surface area contributed by atoms with Crippen molar-refractivity contribution >= 4 is 11.6 Å². The lowest BCUT2D eigenvalue weighted by Crippen LogP contribution is -2.14. The summed E-state index contributed by atoms with van der Waals surface area (Å²) in [5.74, 6) is -0.399. The number of rotatable bonds is 2. The standard InChI is InChI=1S/C16H14ClFO/c17-13-5-6-14(15(18)9-13)16(19)12-7-10-3-1-2-4-11(10)8-12/h1-6,9,12,16,19H,7-8H2. The van der Waals surface area contributed by atoms with Gasteiger partial charge in [-0.15, -0.1) is 0 Å². The van der Waals surface area contributed by atoms with Crippen LogP contribution in [0.2, 0.25) is 5.02 Å². The van der Waals surface area contributed by atoms with E-state index in [1.165, 1.54) is 17.2 Å². The van der Waals surface area contributed by atoms with Crippen molar-refractivity contribution in [2.75, 3.05) is 0 Å². The molecule has 0 fully saturated rings. The molecule has 0 heterocycles. The van der Waals surface area contributed by atoms with Gasteiger partial charge in [-0.3, -0.25) is 0 Å². The Bertz CT molecular complexity index is 586. The molecule has 98 valence electrons. The second kappa shape index (κ2) is 4.95. The molecule has 0 radical (unpaired) electrons. The van der Waals surface area contributed by atoms with E-state index in [9.17, 15) is 9.50 Å². The lowest BCUT2D eigenvalue weighted by atomic mass is 9.93. The number of aliphatic hydroxyl groups is 1. The van der Waals surface area contributed by atoms with Gasteiger partial charge in [-0.1, -0.05) is 41.9 Å². The third kappa shape index (κ3) is 2.38. The highest BCUT2D eigenvalue weighted by molar-refractivity contribution is 6.30. The first-order valence-corrected chi connectivity index (χ1v) is 6.73. The molecule has 3 heteroatoms. The average Bonchev–Trinajstić information content (AvgIpc) is 2.81. The van der Waals surface area contributed by atoms with E-state index >= 15 is 0 Å². The van der Waals surface area contributed by atoms with Gasteiger partial charge in [0.1, 0.15) is 5.82 Å². The zero-order valence-corrected chi connectivity index (χ0v) is 11.1. The molecule has 1 aliphatic rings. The number of benzene rings is 2. The monoisotopic (exact) mass is 276 g/mol. The molecule has 0 amide bonds. The molecule has 1 nitrogen and oxygen atoms in total. The van der Waals surface area contributed by atoms with Gasteiger partial charge in [0, 0.05) is 10.6 Å². The van der Waals surface area contributed by atoms with Crippen molar-refractivity contribution in [3.63, 3.8) is 0 Å². The van der Waals surface area contributed by atoms with Crippen molar-refractivity contribution < 1.29 is 9.50 Å². The number of aliphatic hydroxyl groups excluding tert-OH is 1. The highest BCUT2D eigenvalue weighted by atomic mass is 35.5. The molecule has 0 saturated carbocycles. The van der Waals surface area contributed by atoms with Crippen LogP contribution in [0.25, 0.3) is 0 Å². The molecule has 1 N–H and O–H groups in total. The van der Waals surface area contributed by atoms with Gasteiger partial charge in [0.05, 0.1) is 6.10 Å². The van der Waals surface area contributed by atoms with E-state index in [1.807, 2.05) is 12.1 Å². The summed E-state index contributed by atoms with van der Waals surface area (Å²) in [6.45, 7) is 0. The first-order valence-electron chi connectivity index (χ1n) is 6.35. The highest BCUT2D eigenvalue weighted by Crippen LogP contribution is 2.36. The van der Waals surface area contributed by atoms with Crippen molar-refractivity contribution in [1.82, 2.24) is 0 Å². The first-order chi connectivity index (χ1) is 9.15. The molecule has 19 heavy (non-hydrogen) atoms. The van der Waals surface area contributed by atoms with Gasteiger partial charge in [-0.25, -0.2) is 4.39 Å². The molecule has 2 aromatic rings. The Morgan fingerprint density at radius 2 is 1.74 bits per heavy atom. The summed E-state index contributed by atoms with van der Waals surface area (Å²) in [5, 5.41) is 10.7. The third-order valence-electron chi connectivity index (χ3n) is 3.81. The average molecular weight is 277 g/mol. The molecule has 3 rings (SSSR count). The second-order valence-electron chi connectivity index (χ2n) is 5.05. The summed E-state index contributed by atoms with van der Waals surface area (Å²) in [7, 11) is 0. The van der Waals surface area contributed by atoms with Crippen LogP contribution in [0.1, 0.15) is 22.8 Å². The minimum Gasteiger partial charge on any atom is -0.388 e. The zero-order valence-electron chi connectivity index (χ0n) is 10.3. The number of hydrogen-bond acceptors (Lipinski definition) is 1. The molecule has 0 spiro atoms. The third-order valence-corrected chi connectivity index (χ3v) is 4.05. The maximum atomic E-state index is 13.8. The predicted octanol–water partition coefficient (Wildman–Crippen LogP) is 3.93. The maximum absolute atomic E-state index is 13.8. The van der Waals surface area contributed by atoms with E-state index in [0.29, 0.717) is 10.6 Å². The molecular formula is C16H14ClFO. The Balaban J connectivity index is 1.85. The van der Waals surface area contributed by atoms with Gasteiger partial charge in [0.2, 0.25) is 0 Å². The minimum atomic E-state index is -0.787. The van der Waals surface area contributed by atoms with Crippen LogP contribution in [-0.4, -0.2) is 5.11 Å². The molecule has 1 aliphatic carbocycles. The zero-order chi connectivity index (χ0) is 13.4. The van der Waals surface area contributed by atoms with E-state index in [-0.39, 0.29) is 5.92 Å². The van der Waals surface area contributed by atoms with Crippen molar-refractivity contribution in [3.8, 4) is 0 Å². The Morgan fingerprint density at radius 1 is 1.11 bits per heavy atom.